The second-order valence-electron chi connectivity index (χ2n) is 4.77. The quantitative estimate of drug-likeness (QED) is 0.705. The first-order chi connectivity index (χ1) is 10.6. The minimum Gasteiger partial charge on any atom is -0.349 e. The van der Waals surface area contributed by atoms with Gasteiger partial charge < -0.3 is 5.32 Å². The molecule has 0 aliphatic heterocycles. The number of fused-ring (bicyclic) bond motifs is 1. The fourth-order valence-corrected chi connectivity index (χ4v) is 2.53. The zero-order valence-corrected chi connectivity index (χ0v) is 14.5. The number of aromatic nitrogens is 2. The maximum Gasteiger partial charge on any atom is 0.271 e. The summed E-state index contributed by atoms with van der Waals surface area (Å²) in [5.41, 5.74) is 1.76. The number of nitrogens with zero attached hydrogens (tertiary/aromatic N) is 3. The molecule has 0 unspecified atom stereocenters. The van der Waals surface area contributed by atoms with Crippen molar-refractivity contribution in [1.82, 2.24) is 20.2 Å². The number of hydrogen-bond acceptors (Lipinski definition) is 4. The minimum absolute atomic E-state index is 0.260. The maximum atomic E-state index is 12.3. The minimum atomic E-state index is -0.378. The monoisotopic (exact) mass is 415 g/mol. The van der Waals surface area contributed by atoms with Gasteiger partial charge >= 0.3 is 0 Å². The molecule has 118 valence electrons. The van der Waals surface area contributed by atoms with Crippen molar-refractivity contribution in [2.24, 2.45) is 0 Å². The van der Waals surface area contributed by atoms with Gasteiger partial charge in [-0.2, -0.15) is 0 Å². The van der Waals surface area contributed by atoms with Crippen LogP contribution in [-0.4, -0.2) is 53.6 Å². The third kappa shape index (κ3) is 4.57. The van der Waals surface area contributed by atoms with Crippen molar-refractivity contribution >= 4 is 39.5 Å². The van der Waals surface area contributed by atoms with E-state index in [9.17, 15) is 9.18 Å². The fourth-order valence-electron chi connectivity index (χ4n) is 2.06. The molecule has 1 amide bonds. The van der Waals surface area contributed by atoms with Crippen LogP contribution in [-0.2, 0) is 0 Å². The van der Waals surface area contributed by atoms with Crippen LogP contribution in [0.25, 0.3) is 11.0 Å². The van der Waals surface area contributed by atoms with Crippen LogP contribution in [0.5, 0.6) is 0 Å². The summed E-state index contributed by atoms with van der Waals surface area (Å²) in [6.07, 6.45) is 1.48. The van der Waals surface area contributed by atoms with Gasteiger partial charge in [-0.3, -0.25) is 14.7 Å². The molecule has 0 atom stereocenters. The Kier molecular flexibility index (Phi) is 6.44. The molecule has 0 radical (unpaired) electrons. The Morgan fingerprint density at radius 3 is 2.91 bits per heavy atom. The zero-order chi connectivity index (χ0) is 15.9. The van der Waals surface area contributed by atoms with Crippen LogP contribution >= 0.6 is 22.6 Å². The third-order valence-corrected chi connectivity index (χ3v) is 3.97. The molecule has 0 saturated heterocycles. The van der Waals surface area contributed by atoms with Crippen LogP contribution in [0.4, 0.5) is 4.39 Å². The summed E-state index contributed by atoms with van der Waals surface area (Å²) < 4.78 is 13.4. The summed E-state index contributed by atoms with van der Waals surface area (Å²) in [6, 6.07) is 5.69. The average molecular weight is 415 g/mol. The van der Waals surface area contributed by atoms with Crippen molar-refractivity contribution < 1.29 is 9.18 Å². The Morgan fingerprint density at radius 1 is 1.36 bits per heavy atom. The fraction of sp³-hybridized carbons (Fsp3) is 0.400. The summed E-state index contributed by atoms with van der Waals surface area (Å²) in [7, 11) is 0. The van der Waals surface area contributed by atoms with Crippen LogP contribution < -0.4 is 5.32 Å². The number of carbonyl (C=O) groups is 1. The van der Waals surface area contributed by atoms with Crippen molar-refractivity contribution in [3.8, 4) is 0 Å². The third-order valence-electron chi connectivity index (χ3n) is 3.30. The lowest BCUT2D eigenvalue weighted by Gasteiger charge is -2.18. The maximum absolute atomic E-state index is 12.3. The number of amides is 1. The molecule has 7 heteroatoms. The molecule has 0 spiro atoms. The van der Waals surface area contributed by atoms with Gasteiger partial charge in [0.05, 0.1) is 17.2 Å². The zero-order valence-electron chi connectivity index (χ0n) is 12.4. The molecule has 2 rings (SSSR count). The first-order valence-corrected chi connectivity index (χ1v) is 8.20. The van der Waals surface area contributed by atoms with Gasteiger partial charge in [0.15, 0.2) is 0 Å². The Labute approximate surface area is 142 Å². The van der Waals surface area contributed by atoms with E-state index >= 15 is 0 Å². The SMILES string of the molecule is CCN(CC[18F])CCNC(=O)c1cnc2cc(I)ccc2n1. The van der Waals surface area contributed by atoms with Gasteiger partial charge in [0.25, 0.3) is 5.91 Å². The molecule has 1 heterocycles. The molecule has 0 aliphatic carbocycles. The van der Waals surface area contributed by atoms with E-state index in [1.165, 1.54) is 6.20 Å². The van der Waals surface area contributed by atoms with Crippen LogP contribution in [0.1, 0.15) is 17.4 Å². The average Bonchev–Trinajstić information content (AvgIpc) is 2.53. The van der Waals surface area contributed by atoms with E-state index in [4.69, 9.17) is 0 Å². The van der Waals surface area contributed by atoms with Crippen molar-refractivity contribution in [1.29, 1.82) is 0 Å². The lowest BCUT2D eigenvalue weighted by atomic mass is 10.3. The van der Waals surface area contributed by atoms with E-state index in [1.54, 1.807) is 0 Å². The molecule has 1 aromatic carbocycles. The Hall–Kier alpha value is -1.35. The summed E-state index contributed by atoms with van der Waals surface area (Å²) in [5, 5.41) is 2.79. The van der Waals surface area contributed by atoms with E-state index in [2.05, 4.69) is 37.9 Å². The van der Waals surface area contributed by atoms with Crippen LogP contribution in [0.3, 0.4) is 0 Å². The van der Waals surface area contributed by atoms with Crippen LogP contribution in [0.15, 0.2) is 24.4 Å². The summed E-state index contributed by atoms with van der Waals surface area (Å²) in [4.78, 5) is 22.6. The number of nitrogens with one attached hydrogen (secondary N) is 1. The number of benzene rings is 1. The van der Waals surface area contributed by atoms with Crippen molar-refractivity contribution in [3.63, 3.8) is 0 Å². The predicted octanol–water partition coefficient (Wildman–Crippen LogP) is 2.26. The summed E-state index contributed by atoms with van der Waals surface area (Å²) in [5.74, 6) is -0.260. The molecule has 0 bridgehead atoms. The van der Waals surface area contributed by atoms with Crippen molar-refractivity contribution in [3.05, 3.63) is 33.7 Å². The van der Waals surface area contributed by atoms with Gasteiger partial charge in [-0.15, -0.1) is 0 Å². The molecule has 22 heavy (non-hydrogen) atoms. The number of carbonyl (C=O) groups excluding carboxylic acids is 1. The molecule has 5 nitrogen and oxygen atoms in total. The van der Waals surface area contributed by atoms with E-state index < -0.39 is 0 Å². The molecule has 0 saturated carbocycles. The normalized spacial score (nSPS) is 11.1. The number of likely N-dealkylation sites (N-methyl/N-ethyl adjacent to an activating group) is 1. The second-order valence-corrected chi connectivity index (χ2v) is 6.01. The topological polar surface area (TPSA) is 58.1 Å². The Bertz CT molecular complexity index is 652. The highest BCUT2D eigenvalue weighted by atomic mass is 127. The standard InChI is InChI=1S/C15H18FIN4O/c1-2-21(7-5-16)8-6-18-15(22)14-10-19-13-9-11(17)3-4-12(13)20-14/h3-4,9-10H,2,5-8H2,1H3,(H,18,22)/i16-1. The smallest absolute Gasteiger partial charge is 0.271 e. The molecular weight excluding hydrogens is 397 g/mol. The number of alkyl halides is 1. The Morgan fingerprint density at radius 2 is 2.18 bits per heavy atom. The van der Waals surface area contributed by atoms with E-state index in [-0.39, 0.29) is 12.6 Å². The summed E-state index contributed by atoms with van der Waals surface area (Å²) in [6.45, 7) is 3.81. The molecule has 2 aromatic rings. The highest BCUT2D eigenvalue weighted by Gasteiger charge is 2.10. The second kappa shape index (κ2) is 8.33. The molecule has 1 aromatic heterocycles. The first-order valence-electron chi connectivity index (χ1n) is 7.13. The molecule has 0 aliphatic rings. The number of rotatable bonds is 7. The molecule has 0 fully saturated rings. The van der Waals surface area contributed by atoms with E-state index in [0.717, 1.165) is 15.6 Å². The van der Waals surface area contributed by atoms with Gasteiger partial charge in [-0.1, -0.05) is 6.92 Å². The lowest BCUT2D eigenvalue weighted by molar-refractivity contribution is 0.0943. The van der Waals surface area contributed by atoms with E-state index in [1.807, 2.05) is 30.0 Å². The largest absolute Gasteiger partial charge is 0.349 e. The van der Waals surface area contributed by atoms with Crippen LogP contribution in [0, 0.1) is 3.57 Å². The van der Waals surface area contributed by atoms with E-state index in [0.29, 0.717) is 30.8 Å². The van der Waals surface area contributed by atoms with Gasteiger partial charge in [-0.25, -0.2) is 9.37 Å². The van der Waals surface area contributed by atoms with Gasteiger partial charge in [0.1, 0.15) is 12.4 Å². The highest BCUT2D eigenvalue weighted by Crippen LogP contribution is 2.13. The Balaban J connectivity index is 1.96. The molecular formula is C15H18FIN4O. The predicted molar refractivity (Wildman–Crippen MR) is 92.7 cm³/mol. The van der Waals surface area contributed by atoms with Crippen molar-refractivity contribution in [2.75, 3.05) is 32.9 Å². The lowest BCUT2D eigenvalue weighted by Crippen LogP contribution is -2.36. The highest BCUT2D eigenvalue weighted by molar-refractivity contribution is 14.1. The number of hydrogen-bond donors (Lipinski definition) is 1. The van der Waals surface area contributed by atoms with Crippen LogP contribution in [0.2, 0.25) is 0 Å². The molecule has 1 N–H and O–H groups in total. The summed E-state index contributed by atoms with van der Waals surface area (Å²) >= 11 is 2.21. The number of halogens is 2. The first kappa shape index (κ1) is 17.0. The van der Waals surface area contributed by atoms with Gasteiger partial charge in [0, 0.05) is 23.2 Å². The van der Waals surface area contributed by atoms with Gasteiger partial charge in [0.2, 0.25) is 0 Å². The van der Waals surface area contributed by atoms with Gasteiger partial charge in [-0.05, 0) is 47.3 Å². The van der Waals surface area contributed by atoms with Crippen molar-refractivity contribution in [2.45, 2.75) is 6.92 Å².